The Bertz CT molecular complexity index is 465. The minimum Gasteiger partial charge on any atom is -0.271 e. The van der Waals surface area contributed by atoms with Gasteiger partial charge in [-0.25, -0.2) is 5.43 Å². The average molecular weight is 241 g/mol. The van der Waals surface area contributed by atoms with Crippen LogP contribution in [0.5, 0.6) is 0 Å². The smallest absolute Gasteiger partial charge is 0.0725 e. The fourth-order valence-electron chi connectivity index (χ4n) is 2.10. The van der Waals surface area contributed by atoms with Gasteiger partial charge in [-0.3, -0.25) is 10.8 Å². The summed E-state index contributed by atoms with van der Waals surface area (Å²) < 4.78 is 0. The van der Waals surface area contributed by atoms with Crippen molar-refractivity contribution in [2.24, 2.45) is 5.84 Å². The van der Waals surface area contributed by atoms with E-state index in [2.05, 4.69) is 41.6 Å². The predicted octanol–water partition coefficient (Wildman–Crippen LogP) is 2.59. The molecule has 3 heteroatoms. The Hall–Kier alpha value is -1.71. The molecule has 1 unspecified atom stereocenters. The first-order chi connectivity index (χ1) is 8.85. The number of aryl methyl sites for hydroxylation is 1. The second-order valence-electron chi connectivity index (χ2n) is 4.38. The van der Waals surface area contributed by atoms with E-state index < -0.39 is 0 Å². The Morgan fingerprint density at radius 3 is 2.50 bits per heavy atom. The van der Waals surface area contributed by atoms with Gasteiger partial charge in [0.1, 0.15) is 0 Å². The standard InChI is InChI=1S/C15H19N3/c1-2-4-12-6-8-13(9-7-12)15(18-16)14-5-3-10-17-11-14/h3,5-11,15,18H,2,4,16H2,1H3. The summed E-state index contributed by atoms with van der Waals surface area (Å²) in [6.07, 6.45) is 5.89. The average Bonchev–Trinajstić information content (AvgIpc) is 2.43. The fourth-order valence-corrected chi connectivity index (χ4v) is 2.10. The van der Waals surface area contributed by atoms with E-state index in [4.69, 9.17) is 5.84 Å². The van der Waals surface area contributed by atoms with E-state index in [0.717, 1.165) is 17.5 Å². The van der Waals surface area contributed by atoms with E-state index in [-0.39, 0.29) is 6.04 Å². The van der Waals surface area contributed by atoms with Crippen LogP contribution >= 0.6 is 0 Å². The van der Waals surface area contributed by atoms with Gasteiger partial charge >= 0.3 is 0 Å². The Kier molecular flexibility index (Phi) is 4.45. The molecule has 2 aromatic rings. The van der Waals surface area contributed by atoms with Crippen LogP contribution in [0.15, 0.2) is 48.8 Å². The molecule has 18 heavy (non-hydrogen) atoms. The lowest BCUT2D eigenvalue weighted by molar-refractivity contribution is 0.634. The molecule has 0 amide bonds. The summed E-state index contributed by atoms with van der Waals surface area (Å²) in [7, 11) is 0. The summed E-state index contributed by atoms with van der Waals surface area (Å²) in [5.41, 5.74) is 6.44. The lowest BCUT2D eigenvalue weighted by Gasteiger charge is -2.16. The topological polar surface area (TPSA) is 50.9 Å². The van der Waals surface area contributed by atoms with Crippen molar-refractivity contribution >= 4 is 0 Å². The maximum absolute atomic E-state index is 5.66. The first-order valence-electron chi connectivity index (χ1n) is 6.30. The second-order valence-corrected chi connectivity index (χ2v) is 4.38. The molecule has 0 radical (unpaired) electrons. The number of hydrazine groups is 1. The van der Waals surface area contributed by atoms with Crippen LogP contribution in [0.3, 0.4) is 0 Å². The maximum atomic E-state index is 5.66. The third-order valence-electron chi connectivity index (χ3n) is 3.04. The quantitative estimate of drug-likeness (QED) is 0.625. The van der Waals surface area contributed by atoms with Crippen molar-refractivity contribution in [1.29, 1.82) is 0 Å². The molecule has 3 N–H and O–H groups in total. The first-order valence-corrected chi connectivity index (χ1v) is 6.30. The summed E-state index contributed by atoms with van der Waals surface area (Å²) in [5, 5.41) is 0. The number of benzene rings is 1. The van der Waals surface area contributed by atoms with Crippen molar-refractivity contribution in [2.75, 3.05) is 0 Å². The Morgan fingerprint density at radius 1 is 1.17 bits per heavy atom. The van der Waals surface area contributed by atoms with Crippen LogP contribution in [-0.2, 0) is 6.42 Å². The highest BCUT2D eigenvalue weighted by atomic mass is 15.2. The molecule has 3 nitrogen and oxygen atoms in total. The third-order valence-corrected chi connectivity index (χ3v) is 3.04. The van der Waals surface area contributed by atoms with Gasteiger partial charge in [-0.05, 0) is 29.2 Å². The summed E-state index contributed by atoms with van der Waals surface area (Å²) in [4.78, 5) is 4.13. The van der Waals surface area contributed by atoms with Gasteiger partial charge < -0.3 is 0 Å². The van der Waals surface area contributed by atoms with Gasteiger partial charge in [0.2, 0.25) is 0 Å². The molecular formula is C15H19N3. The van der Waals surface area contributed by atoms with Crippen LogP contribution in [0.25, 0.3) is 0 Å². The SMILES string of the molecule is CCCc1ccc(C(NN)c2cccnc2)cc1. The molecule has 0 aliphatic rings. The number of nitrogens with two attached hydrogens (primary N) is 1. The van der Waals surface area contributed by atoms with Gasteiger partial charge in [-0.1, -0.05) is 43.7 Å². The molecule has 0 spiro atoms. The predicted molar refractivity (Wildman–Crippen MR) is 73.8 cm³/mol. The molecule has 1 atom stereocenters. The van der Waals surface area contributed by atoms with E-state index in [1.165, 1.54) is 12.0 Å². The van der Waals surface area contributed by atoms with Crippen molar-refractivity contribution in [3.05, 3.63) is 65.5 Å². The van der Waals surface area contributed by atoms with Crippen LogP contribution < -0.4 is 11.3 Å². The number of nitrogens with one attached hydrogen (secondary N) is 1. The van der Waals surface area contributed by atoms with Crippen LogP contribution in [0, 0.1) is 0 Å². The molecule has 0 fully saturated rings. The van der Waals surface area contributed by atoms with E-state index >= 15 is 0 Å². The molecular weight excluding hydrogens is 222 g/mol. The molecule has 0 aliphatic carbocycles. The zero-order valence-corrected chi connectivity index (χ0v) is 10.6. The Balaban J connectivity index is 2.23. The molecule has 0 saturated carbocycles. The van der Waals surface area contributed by atoms with Crippen LogP contribution in [0.4, 0.5) is 0 Å². The highest BCUT2D eigenvalue weighted by molar-refractivity contribution is 5.32. The third kappa shape index (κ3) is 2.94. The monoisotopic (exact) mass is 241 g/mol. The molecule has 1 heterocycles. The molecule has 0 aliphatic heterocycles. The Morgan fingerprint density at radius 2 is 1.94 bits per heavy atom. The summed E-state index contributed by atoms with van der Waals surface area (Å²) in [5.74, 6) is 5.66. The number of aromatic nitrogens is 1. The molecule has 94 valence electrons. The number of nitrogens with zero attached hydrogens (tertiary/aromatic N) is 1. The molecule has 1 aromatic heterocycles. The van der Waals surface area contributed by atoms with E-state index in [1.807, 2.05) is 18.3 Å². The van der Waals surface area contributed by atoms with Crippen molar-refractivity contribution in [3.8, 4) is 0 Å². The van der Waals surface area contributed by atoms with E-state index in [0.29, 0.717) is 0 Å². The molecule has 1 aromatic carbocycles. The second kappa shape index (κ2) is 6.28. The lowest BCUT2D eigenvalue weighted by Crippen LogP contribution is -2.28. The van der Waals surface area contributed by atoms with Crippen LogP contribution in [-0.4, -0.2) is 4.98 Å². The van der Waals surface area contributed by atoms with Gasteiger partial charge in [0, 0.05) is 12.4 Å². The highest BCUT2D eigenvalue weighted by Gasteiger charge is 2.11. The minimum atomic E-state index is -0.00521. The van der Waals surface area contributed by atoms with E-state index in [9.17, 15) is 0 Å². The van der Waals surface area contributed by atoms with Crippen molar-refractivity contribution < 1.29 is 0 Å². The highest BCUT2D eigenvalue weighted by Crippen LogP contribution is 2.21. The lowest BCUT2D eigenvalue weighted by atomic mass is 9.99. The first kappa shape index (κ1) is 12.7. The van der Waals surface area contributed by atoms with Gasteiger partial charge in [0.15, 0.2) is 0 Å². The van der Waals surface area contributed by atoms with Crippen molar-refractivity contribution in [1.82, 2.24) is 10.4 Å². The molecule has 0 saturated heterocycles. The fraction of sp³-hybridized carbons (Fsp3) is 0.267. The largest absolute Gasteiger partial charge is 0.271 e. The molecule has 2 rings (SSSR count). The van der Waals surface area contributed by atoms with E-state index in [1.54, 1.807) is 6.20 Å². The van der Waals surface area contributed by atoms with Gasteiger partial charge in [0.05, 0.1) is 6.04 Å². The number of rotatable bonds is 5. The number of hydrogen-bond acceptors (Lipinski definition) is 3. The number of hydrogen-bond donors (Lipinski definition) is 2. The normalized spacial score (nSPS) is 12.3. The zero-order valence-electron chi connectivity index (χ0n) is 10.6. The van der Waals surface area contributed by atoms with Crippen molar-refractivity contribution in [3.63, 3.8) is 0 Å². The summed E-state index contributed by atoms with van der Waals surface area (Å²) in [6.45, 7) is 2.19. The Labute approximate surface area is 108 Å². The molecule has 0 bridgehead atoms. The van der Waals surface area contributed by atoms with Crippen LogP contribution in [0.2, 0.25) is 0 Å². The van der Waals surface area contributed by atoms with Gasteiger partial charge in [0.25, 0.3) is 0 Å². The minimum absolute atomic E-state index is 0.00521. The zero-order chi connectivity index (χ0) is 12.8. The van der Waals surface area contributed by atoms with Crippen molar-refractivity contribution in [2.45, 2.75) is 25.8 Å². The summed E-state index contributed by atoms with van der Waals surface area (Å²) >= 11 is 0. The van der Waals surface area contributed by atoms with Crippen LogP contribution in [0.1, 0.15) is 36.1 Å². The van der Waals surface area contributed by atoms with Gasteiger partial charge in [-0.2, -0.15) is 0 Å². The maximum Gasteiger partial charge on any atom is 0.0725 e. The number of pyridine rings is 1. The summed E-state index contributed by atoms with van der Waals surface area (Å²) in [6, 6.07) is 12.5. The van der Waals surface area contributed by atoms with Gasteiger partial charge in [-0.15, -0.1) is 0 Å².